The Morgan fingerprint density at radius 2 is 1.75 bits per heavy atom. The second-order valence-electron chi connectivity index (χ2n) is 14.7. The van der Waals surface area contributed by atoms with Gasteiger partial charge in [-0.05, 0) is 72.8 Å². The molecule has 1 heterocycles. The van der Waals surface area contributed by atoms with Crippen molar-refractivity contribution in [3.05, 3.63) is 41.0 Å². The van der Waals surface area contributed by atoms with Crippen LogP contribution in [-0.2, 0) is 4.79 Å². The monoisotopic (exact) mass is 550 g/mol. The molecular weight excluding hydrogens is 496 g/mol. The number of carbonyl (C=O) groups is 2. The number of aryl methyl sites for hydroxylation is 2. The summed E-state index contributed by atoms with van der Waals surface area (Å²) in [5.74, 6) is 2.09. The number of carbonyl (C=O) groups excluding carboxylic acids is 2. The van der Waals surface area contributed by atoms with Crippen LogP contribution >= 0.6 is 0 Å². The van der Waals surface area contributed by atoms with Crippen molar-refractivity contribution in [2.24, 2.45) is 28.6 Å². The van der Waals surface area contributed by atoms with E-state index in [4.69, 9.17) is 0 Å². The molecular formula is C34H54N4O2. The molecule has 3 unspecified atom stereocenters. The number of hydrogen-bond acceptors (Lipinski definition) is 3. The van der Waals surface area contributed by atoms with Gasteiger partial charge in [0.1, 0.15) is 0 Å². The van der Waals surface area contributed by atoms with E-state index in [1.165, 1.54) is 12.0 Å². The molecule has 222 valence electrons. The number of nitrogens with one attached hydrogen (secondary N) is 1. The van der Waals surface area contributed by atoms with E-state index in [-0.39, 0.29) is 11.4 Å². The lowest BCUT2D eigenvalue weighted by Crippen LogP contribution is -2.53. The number of fused-ring (bicyclic) bond motifs is 1. The zero-order chi connectivity index (χ0) is 29.2. The van der Waals surface area contributed by atoms with Crippen LogP contribution in [0.25, 0.3) is 0 Å². The van der Waals surface area contributed by atoms with Crippen LogP contribution in [0, 0.1) is 42.4 Å². The van der Waals surface area contributed by atoms with Crippen molar-refractivity contribution in [1.29, 1.82) is 0 Å². The molecule has 6 heteroatoms. The molecule has 3 amide bonds. The molecule has 3 atom stereocenters. The van der Waals surface area contributed by atoms with Gasteiger partial charge in [0.2, 0.25) is 5.91 Å². The predicted octanol–water partition coefficient (Wildman–Crippen LogP) is 6.74. The largest absolute Gasteiger partial charge is 0.337 e. The highest BCUT2D eigenvalue weighted by atomic mass is 16.2. The minimum absolute atomic E-state index is 0.0210. The van der Waals surface area contributed by atoms with Crippen molar-refractivity contribution in [1.82, 2.24) is 14.7 Å². The molecule has 2 bridgehead atoms. The number of rotatable bonds is 9. The van der Waals surface area contributed by atoms with E-state index < -0.39 is 0 Å². The van der Waals surface area contributed by atoms with Crippen molar-refractivity contribution < 1.29 is 9.59 Å². The summed E-state index contributed by atoms with van der Waals surface area (Å²) in [6.45, 7) is 23.4. The second-order valence-corrected chi connectivity index (χ2v) is 14.7. The number of urea groups is 1. The van der Waals surface area contributed by atoms with Crippen molar-refractivity contribution in [3.63, 3.8) is 0 Å². The first-order valence-corrected chi connectivity index (χ1v) is 15.6. The third-order valence-corrected chi connectivity index (χ3v) is 9.85. The number of anilines is 1. The molecule has 0 radical (unpaired) electrons. The van der Waals surface area contributed by atoms with E-state index in [0.717, 1.165) is 68.3 Å². The van der Waals surface area contributed by atoms with E-state index in [1.807, 2.05) is 36.9 Å². The number of allylic oxidation sites excluding steroid dienone is 1. The smallest absolute Gasteiger partial charge is 0.321 e. The highest BCUT2D eigenvalue weighted by Gasteiger charge is 2.51. The van der Waals surface area contributed by atoms with Crippen LogP contribution in [0.4, 0.5) is 10.5 Å². The van der Waals surface area contributed by atoms with Gasteiger partial charge in [-0.3, -0.25) is 9.69 Å². The molecule has 4 aliphatic rings. The van der Waals surface area contributed by atoms with Crippen molar-refractivity contribution in [2.45, 2.75) is 81.1 Å². The lowest BCUT2D eigenvalue weighted by Gasteiger charge is -2.57. The van der Waals surface area contributed by atoms with E-state index in [9.17, 15) is 9.59 Å². The van der Waals surface area contributed by atoms with Crippen LogP contribution in [-0.4, -0.2) is 72.5 Å². The van der Waals surface area contributed by atoms with Gasteiger partial charge in [0.25, 0.3) is 0 Å². The zero-order valence-corrected chi connectivity index (χ0v) is 26.5. The maximum atomic E-state index is 13.7. The van der Waals surface area contributed by atoms with Gasteiger partial charge < -0.3 is 15.1 Å². The lowest BCUT2D eigenvalue weighted by molar-refractivity contribution is -0.132. The number of benzene rings is 1. The number of hydrogen-bond donors (Lipinski definition) is 1. The molecule has 40 heavy (non-hydrogen) atoms. The third kappa shape index (κ3) is 7.29. The summed E-state index contributed by atoms with van der Waals surface area (Å²) < 4.78 is 0. The Balaban J connectivity index is 1.33. The molecule has 0 aromatic heterocycles. The number of nitrogens with zero attached hydrogens (tertiary/aromatic N) is 3. The van der Waals surface area contributed by atoms with Gasteiger partial charge in [0, 0.05) is 57.9 Å². The number of para-hydroxylation sites is 1. The van der Waals surface area contributed by atoms with Gasteiger partial charge in [-0.1, -0.05) is 71.4 Å². The maximum Gasteiger partial charge on any atom is 0.321 e. The fraction of sp³-hybridized carbons (Fsp3) is 0.706. The molecule has 3 aliphatic carbocycles. The summed E-state index contributed by atoms with van der Waals surface area (Å²) in [7, 11) is 0. The topological polar surface area (TPSA) is 55.9 Å². The van der Waals surface area contributed by atoms with Gasteiger partial charge in [-0.25, -0.2) is 4.79 Å². The van der Waals surface area contributed by atoms with E-state index in [2.05, 4.69) is 62.7 Å². The molecule has 0 spiro atoms. The van der Waals surface area contributed by atoms with Gasteiger partial charge in [-0.15, -0.1) is 0 Å². The standard InChI is InChI=1S/C34H54N4O2/c1-24(22-33(4,5)6)20-30(39)38(23-27-12-13-28-21-29(27)34(28,7)8)19-16-36-14-17-37(18-15-36)32(40)35-31-25(2)10-9-11-26(31)3/h9-12,24,28-29H,13-23H2,1-8H3,(H,35,40). The normalized spacial score (nSPS) is 23.2. The van der Waals surface area contributed by atoms with Crippen molar-refractivity contribution >= 4 is 17.6 Å². The van der Waals surface area contributed by atoms with E-state index in [0.29, 0.717) is 42.7 Å². The summed E-state index contributed by atoms with van der Waals surface area (Å²) in [6.07, 6.45) is 6.56. The highest BCUT2D eigenvalue weighted by molar-refractivity contribution is 5.91. The second kappa shape index (κ2) is 12.3. The molecule has 6 nitrogen and oxygen atoms in total. The average molecular weight is 551 g/mol. The predicted molar refractivity (Wildman–Crippen MR) is 165 cm³/mol. The molecule has 2 fully saturated rings. The van der Waals surface area contributed by atoms with Crippen LogP contribution in [0.2, 0.25) is 0 Å². The summed E-state index contributed by atoms with van der Waals surface area (Å²) in [4.78, 5) is 33.1. The van der Waals surface area contributed by atoms with Crippen LogP contribution in [0.5, 0.6) is 0 Å². The third-order valence-electron chi connectivity index (χ3n) is 9.85. The first kappa shape index (κ1) is 30.6. The van der Waals surface area contributed by atoms with E-state index >= 15 is 0 Å². The van der Waals surface area contributed by atoms with Crippen LogP contribution < -0.4 is 5.32 Å². The van der Waals surface area contributed by atoms with Crippen molar-refractivity contribution in [2.75, 3.05) is 51.1 Å². The first-order chi connectivity index (χ1) is 18.7. The Bertz CT molecular complexity index is 1070. The first-order valence-electron chi connectivity index (χ1n) is 15.6. The van der Waals surface area contributed by atoms with Crippen LogP contribution in [0.1, 0.15) is 78.4 Å². The molecule has 1 aromatic rings. The van der Waals surface area contributed by atoms with E-state index in [1.54, 1.807) is 0 Å². The minimum atomic E-state index is -0.0210. The maximum absolute atomic E-state index is 13.7. The summed E-state index contributed by atoms with van der Waals surface area (Å²) in [5.41, 5.74) is 5.17. The average Bonchev–Trinajstić information content (AvgIpc) is 2.87. The Labute approximate surface area is 243 Å². The number of amides is 3. The summed E-state index contributed by atoms with van der Waals surface area (Å²) in [5, 5.41) is 3.13. The van der Waals surface area contributed by atoms with Gasteiger partial charge in [0.05, 0.1) is 0 Å². The minimum Gasteiger partial charge on any atom is -0.337 e. The Morgan fingerprint density at radius 3 is 2.33 bits per heavy atom. The Hall–Kier alpha value is -2.34. The van der Waals surface area contributed by atoms with Crippen LogP contribution in [0.15, 0.2) is 29.8 Å². The quantitative estimate of drug-likeness (QED) is 0.347. The highest BCUT2D eigenvalue weighted by Crippen LogP contribution is 2.59. The molecule has 5 rings (SSSR count). The van der Waals surface area contributed by atoms with Crippen LogP contribution in [0.3, 0.4) is 0 Å². The van der Waals surface area contributed by atoms with Gasteiger partial charge in [0.15, 0.2) is 0 Å². The fourth-order valence-corrected chi connectivity index (χ4v) is 7.35. The molecule has 1 saturated carbocycles. The zero-order valence-electron chi connectivity index (χ0n) is 26.5. The summed E-state index contributed by atoms with van der Waals surface area (Å²) >= 11 is 0. The molecule has 1 saturated heterocycles. The summed E-state index contributed by atoms with van der Waals surface area (Å²) in [6, 6.07) is 6.07. The van der Waals surface area contributed by atoms with Gasteiger partial charge in [-0.2, -0.15) is 0 Å². The SMILES string of the molecule is Cc1cccc(C)c1NC(=O)N1CCN(CCN(CC2=CCC3CC2C3(C)C)C(=O)CC(C)CC(C)(C)C)CC1. The lowest BCUT2D eigenvalue weighted by atomic mass is 9.49. The fourth-order valence-electron chi connectivity index (χ4n) is 7.35. The Kier molecular flexibility index (Phi) is 9.38. The van der Waals surface area contributed by atoms with Gasteiger partial charge >= 0.3 is 6.03 Å². The molecule has 1 aliphatic heterocycles. The number of piperazine rings is 1. The Morgan fingerprint density at radius 1 is 1.10 bits per heavy atom. The van der Waals surface area contributed by atoms with Crippen molar-refractivity contribution in [3.8, 4) is 0 Å². The molecule has 1 N–H and O–H groups in total. The molecule has 1 aromatic carbocycles.